The highest BCUT2D eigenvalue weighted by molar-refractivity contribution is 6.29. The van der Waals surface area contributed by atoms with E-state index in [9.17, 15) is 4.79 Å². The number of carbonyl (C=O) groups excluding carboxylic acids is 1. The summed E-state index contributed by atoms with van der Waals surface area (Å²) >= 11 is 5.94. The summed E-state index contributed by atoms with van der Waals surface area (Å²) in [7, 11) is 1.71. The largest absolute Gasteiger partial charge is 0.385 e. The quantitative estimate of drug-likeness (QED) is 0.787. The third-order valence-electron chi connectivity index (χ3n) is 3.89. The number of carbonyl (C=O) groups is 1. The maximum atomic E-state index is 12.2. The molecular weight excluding hydrogens is 276 g/mol. The normalized spacial score (nSPS) is 15.9. The lowest BCUT2D eigenvalue weighted by Crippen LogP contribution is -2.31. The number of halogens is 1. The molecule has 1 fully saturated rings. The second-order valence-electron chi connectivity index (χ2n) is 5.45. The van der Waals surface area contributed by atoms with Gasteiger partial charge in [-0.15, -0.1) is 0 Å². The fourth-order valence-corrected chi connectivity index (χ4v) is 2.47. The molecule has 110 valence electrons. The van der Waals surface area contributed by atoms with Gasteiger partial charge in [0.05, 0.1) is 0 Å². The van der Waals surface area contributed by atoms with Crippen molar-refractivity contribution in [2.75, 3.05) is 20.3 Å². The van der Waals surface area contributed by atoms with Crippen LogP contribution < -0.4 is 5.32 Å². The van der Waals surface area contributed by atoms with E-state index in [-0.39, 0.29) is 11.3 Å². The molecule has 5 heteroatoms. The zero-order chi connectivity index (χ0) is 14.6. The Balaban J connectivity index is 1.93. The van der Waals surface area contributed by atoms with E-state index in [0.29, 0.717) is 17.3 Å². The van der Waals surface area contributed by atoms with Crippen LogP contribution in [0.2, 0.25) is 5.15 Å². The number of amides is 1. The lowest BCUT2D eigenvalue weighted by Gasteiger charge is -2.15. The number of hydrogen-bond donors (Lipinski definition) is 1. The fraction of sp³-hybridized carbons (Fsp3) is 0.600. The van der Waals surface area contributed by atoms with Crippen molar-refractivity contribution in [2.45, 2.75) is 32.6 Å². The number of rotatable bonds is 7. The maximum Gasteiger partial charge on any atom is 0.251 e. The molecule has 0 unspecified atom stereocenters. The van der Waals surface area contributed by atoms with Crippen LogP contribution in [0.3, 0.4) is 0 Å². The van der Waals surface area contributed by atoms with Crippen LogP contribution in [0, 0.1) is 5.41 Å². The molecule has 1 N–H and O–H groups in total. The molecule has 1 aliphatic rings. The van der Waals surface area contributed by atoms with Crippen LogP contribution in [0.25, 0.3) is 0 Å². The molecule has 1 heterocycles. The standard InChI is InChI=1S/C15H21ClN2O2/c1-3-12-8-11(9-13(16)18-12)14(19)17-10-15(4-5-15)6-7-20-2/h8-9H,3-7,10H2,1-2H3,(H,17,19). The van der Waals surface area contributed by atoms with Gasteiger partial charge in [0, 0.05) is 31.5 Å². The van der Waals surface area contributed by atoms with Gasteiger partial charge in [-0.3, -0.25) is 4.79 Å². The molecule has 0 saturated heterocycles. The summed E-state index contributed by atoms with van der Waals surface area (Å²) in [6.07, 6.45) is 4.08. The molecule has 0 atom stereocenters. The third-order valence-corrected chi connectivity index (χ3v) is 4.08. The van der Waals surface area contributed by atoms with E-state index in [1.54, 1.807) is 19.2 Å². The zero-order valence-corrected chi connectivity index (χ0v) is 12.8. The van der Waals surface area contributed by atoms with Crippen LogP contribution in [0.1, 0.15) is 42.2 Å². The van der Waals surface area contributed by atoms with Crippen molar-refractivity contribution in [1.82, 2.24) is 10.3 Å². The number of hydrogen-bond acceptors (Lipinski definition) is 3. The molecule has 1 aliphatic carbocycles. The predicted molar refractivity (Wildman–Crippen MR) is 79.1 cm³/mol. The molecule has 0 aromatic carbocycles. The molecule has 1 saturated carbocycles. The van der Waals surface area contributed by atoms with E-state index in [2.05, 4.69) is 10.3 Å². The van der Waals surface area contributed by atoms with E-state index in [4.69, 9.17) is 16.3 Å². The van der Waals surface area contributed by atoms with Crippen molar-refractivity contribution in [1.29, 1.82) is 0 Å². The van der Waals surface area contributed by atoms with Crippen molar-refractivity contribution in [3.8, 4) is 0 Å². The average Bonchev–Trinajstić information content (AvgIpc) is 3.22. The zero-order valence-electron chi connectivity index (χ0n) is 12.0. The second-order valence-corrected chi connectivity index (χ2v) is 5.84. The van der Waals surface area contributed by atoms with E-state index in [1.807, 2.05) is 6.92 Å². The number of aromatic nitrogens is 1. The smallest absolute Gasteiger partial charge is 0.251 e. The molecule has 0 radical (unpaired) electrons. The highest BCUT2D eigenvalue weighted by atomic mass is 35.5. The Hall–Kier alpha value is -1.13. The monoisotopic (exact) mass is 296 g/mol. The first kappa shape index (κ1) is 15.3. The molecule has 1 aromatic rings. The molecule has 1 amide bonds. The molecule has 20 heavy (non-hydrogen) atoms. The number of methoxy groups -OCH3 is 1. The average molecular weight is 297 g/mol. The lowest BCUT2D eigenvalue weighted by molar-refractivity contribution is 0.0937. The van der Waals surface area contributed by atoms with Gasteiger partial charge in [-0.2, -0.15) is 0 Å². The van der Waals surface area contributed by atoms with Gasteiger partial charge in [0.15, 0.2) is 0 Å². The highest BCUT2D eigenvalue weighted by Gasteiger charge is 2.42. The van der Waals surface area contributed by atoms with Gasteiger partial charge in [0.2, 0.25) is 0 Å². The number of nitrogens with zero attached hydrogens (tertiary/aromatic N) is 1. The molecule has 1 aromatic heterocycles. The molecular formula is C15H21ClN2O2. The summed E-state index contributed by atoms with van der Waals surface area (Å²) in [4.78, 5) is 16.3. The first-order valence-corrected chi connectivity index (χ1v) is 7.40. The number of nitrogens with one attached hydrogen (secondary N) is 1. The predicted octanol–water partition coefficient (Wildman–Crippen LogP) is 2.84. The Morgan fingerprint density at radius 1 is 1.50 bits per heavy atom. The Bertz CT molecular complexity index is 487. The minimum Gasteiger partial charge on any atom is -0.385 e. The first-order chi connectivity index (χ1) is 9.58. The van der Waals surface area contributed by atoms with E-state index < -0.39 is 0 Å². The minimum absolute atomic E-state index is 0.0762. The summed E-state index contributed by atoms with van der Waals surface area (Å²) in [6, 6.07) is 3.42. The van der Waals surface area contributed by atoms with E-state index in [0.717, 1.165) is 38.0 Å². The van der Waals surface area contributed by atoms with Crippen LogP contribution in [0.15, 0.2) is 12.1 Å². The third kappa shape index (κ3) is 3.93. The van der Waals surface area contributed by atoms with Crippen LogP contribution >= 0.6 is 11.6 Å². The number of aryl methyl sites for hydroxylation is 1. The van der Waals surface area contributed by atoms with Crippen molar-refractivity contribution in [3.05, 3.63) is 28.5 Å². The van der Waals surface area contributed by atoms with Gasteiger partial charge in [0.25, 0.3) is 5.91 Å². The Morgan fingerprint density at radius 2 is 2.25 bits per heavy atom. The highest BCUT2D eigenvalue weighted by Crippen LogP contribution is 2.48. The van der Waals surface area contributed by atoms with Crippen molar-refractivity contribution < 1.29 is 9.53 Å². The number of pyridine rings is 1. The minimum atomic E-state index is -0.0762. The second kappa shape index (κ2) is 6.55. The molecule has 0 bridgehead atoms. The van der Waals surface area contributed by atoms with Crippen LogP contribution in [-0.2, 0) is 11.2 Å². The topological polar surface area (TPSA) is 51.2 Å². The van der Waals surface area contributed by atoms with Crippen molar-refractivity contribution >= 4 is 17.5 Å². The van der Waals surface area contributed by atoms with Gasteiger partial charge in [-0.05, 0) is 43.2 Å². The van der Waals surface area contributed by atoms with Gasteiger partial charge in [-0.1, -0.05) is 18.5 Å². The van der Waals surface area contributed by atoms with Gasteiger partial charge in [-0.25, -0.2) is 4.98 Å². The lowest BCUT2D eigenvalue weighted by atomic mass is 10.0. The molecule has 0 aliphatic heterocycles. The summed E-state index contributed by atoms with van der Waals surface area (Å²) in [5, 5.41) is 3.38. The van der Waals surface area contributed by atoms with Gasteiger partial charge in [0.1, 0.15) is 5.15 Å². The number of ether oxygens (including phenoxy) is 1. The van der Waals surface area contributed by atoms with Gasteiger partial charge >= 0.3 is 0 Å². The summed E-state index contributed by atoms with van der Waals surface area (Å²) in [5.41, 5.74) is 1.67. The Kier molecular flexibility index (Phi) is 5.00. The summed E-state index contributed by atoms with van der Waals surface area (Å²) in [5.74, 6) is -0.0762. The maximum absolute atomic E-state index is 12.2. The fourth-order valence-electron chi connectivity index (χ4n) is 2.24. The Labute approximate surface area is 124 Å². The van der Waals surface area contributed by atoms with E-state index >= 15 is 0 Å². The molecule has 4 nitrogen and oxygen atoms in total. The van der Waals surface area contributed by atoms with E-state index in [1.165, 1.54) is 0 Å². The van der Waals surface area contributed by atoms with Gasteiger partial charge < -0.3 is 10.1 Å². The summed E-state index contributed by atoms with van der Waals surface area (Å²) in [6.45, 7) is 3.44. The van der Waals surface area contributed by atoms with Crippen molar-refractivity contribution in [2.24, 2.45) is 5.41 Å². The first-order valence-electron chi connectivity index (χ1n) is 7.02. The molecule has 0 spiro atoms. The van der Waals surface area contributed by atoms with Crippen LogP contribution in [0.4, 0.5) is 0 Å². The molecule has 2 rings (SSSR count). The Morgan fingerprint density at radius 3 is 2.85 bits per heavy atom. The van der Waals surface area contributed by atoms with Crippen molar-refractivity contribution in [3.63, 3.8) is 0 Å². The SMILES string of the molecule is CCc1cc(C(=O)NCC2(CCOC)CC2)cc(Cl)n1. The summed E-state index contributed by atoms with van der Waals surface area (Å²) < 4.78 is 5.12. The van der Waals surface area contributed by atoms with Crippen LogP contribution in [-0.4, -0.2) is 31.2 Å². The van der Waals surface area contributed by atoms with Crippen LogP contribution in [0.5, 0.6) is 0 Å².